The van der Waals surface area contributed by atoms with Crippen LogP contribution in [0.2, 0.25) is 0 Å². The Kier molecular flexibility index (Phi) is 5.15. The van der Waals surface area contributed by atoms with Crippen LogP contribution in [-0.4, -0.2) is 35.2 Å². The number of nitrogens with zero attached hydrogens (tertiary/aromatic N) is 3. The molecule has 152 valence electrons. The zero-order valence-electron chi connectivity index (χ0n) is 16.2. The molecule has 0 radical (unpaired) electrons. The lowest BCUT2D eigenvalue weighted by Crippen LogP contribution is -2.31. The van der Waals surface area contributed by atoms with E-state index >= 15 is 0 Å². The maximum absolute atomic E-state index is 12.3. The summed E-state index contributed by atoms with van der Waals surface area (Å²) in [4.78, 5) is 14.5. The number of amides is 1. The van der Waals surface area contributed by atoms with Gasteiger partial charge in [-0.3, -0.25) is 4.79 Å². The van der Waals surface area contributed by atoms with E-state index in [0.717, 1.165) is 30.4 Å². The van der Waals surface area contributed by atoms with E-state index in [9.17, 15) is 4.79 Å². The van der Waals surface area contributed by atoms with Crippen LogP contribution >= 0.6 is 11.8 Å². The first-order valence-electron chi connectivity index (χ1n) is 9.72. The highest BCUT2D eigenvalue weighted by Crippen LogP contribution is 2.34. The normalized spacial score (nSPS) is 14.3. The average molecular weight is 420 g/mol. The molecule has 0 saturated carbocycles. The maximum atomic E-state index is 12.3. The molecule has 3 heterocycles. The highest BCUT2D eigenvalue weighted by Gasteiger charge is 2.18. The summed E-state index contributed by atoms with van der Waals surface area (Å²) in [7, 11) is 0. The molecule has 1 aromatic heterocycles. The van der Waals surface area contributed by atoms with Crippen molar-refractivity contribution in [2.45, 2.75) is 18.0 Å². The Morgan fingerprint density at radius 1 is 1.03 bits per heavy atom. The Balaban J connectivity index is 1.15. The van der Waals surface area contributed by atoms with Crippen LogP contribution in [0.3, 0.4) is 0 Å². The number of hydrogen-bond acceptors (Lipinski definition) is 7. The summed E-state index contributed by atoms with van der Waals surface area (Å²) in [6.45, 7) is 1.98. The predicted molar refractivity (Wildman–Crippen MR) is 115 cm³/mol. The Morgan fingerprint density at radius 2 is 1.90 bits per heavy atom. The molecule has 0 bridgehead atoms. The molecule has 30 heavy (non-hydrogen) atoms. The van der Waals surface area contributed by atoms with Gasteiger partial charge in [0.15, 0.2) is 17.3 Å². The second-order valence-corrected chi connectivity index (χ2v) is 8.07. The molecule has 5 rings (SSSR count). The van der Waals surface area contributed by atoms with E-state index in [0.29, 0.717) is 17.2 Å². The number of benzene rings is 2. The van der Waals surface area contributed by atoms with E-state index in [2.05, 4.69) is 44.7 Å². The van der Waals surface area contributed by atoms with Gasteiger partial charge in [-0.1, -0.05) is 36.0 Å². The molecule has 0 fully saturated rings. The number of aromatic nitrogens is 2. The van der Waals surface area contributed by atoms with Gasteiger partial charge in [-0.25, -0.2) is 0 Å². The maximum Gasteiger partial charge on any atom is 0.234 e. The number of hydrogen-bond donors (Lipinski definition) is 1. The minimum atomic E-state index is -0.114. The van der Waals surface area contributed by atoms with Crippen molar-refractivity contribution in [3.63, 3.8) is 0 Å². The zero-order chi connectivity index (χ0) is 20.3. The van der Waals surface area contributed by atoms with Crippen molar-refractivity contribution in [2.24, 2.45) is 0 Å². The molecular weight excluding hydrogens is 400 g/mol. The van der Waals surface area contributed by atoms with Crippen molar-refractivity contribution in [1.29, 1.82) is 0 Å². The number of carbonyl (C=O) groups is 1. The molecule has 0 saturated heterocycles. The van der Waals surface area contributed by atoms with Crippen LogP contribution in [0.15, 0.2) is 59.6 Å². The van der Waals surface area contributed by atoms with Crippen molar-refractivity contribution in [2.75, 3.05) is 29.3 Å². The minimum absolute atomic E-state index is 0.114. The van der Waals surface area contributed by atoms with Gasteiger partial charge in [0.2, 0.25) is 12.7 Å². The molecule has 1 N–H and O–H groups in total. The first-order valence-corrected chi connectivity index (χ1v) is 10.7. The van der Waals surface area contributed by atoms with Gasteiger partial charge in [0, 0.05) is 24.8 Å². The summed E-state index contributed by atoms with van der Waals surface area (Å²) in [6, 6.07) is 17.7. The summed E-state index contributed by atoms with van der Waals surface area (Å²) in [5, 5.41) is 12.2. The molecule has 0 unspecified atom stereocenters. The third kappa shape index (κ3) is 4.04. The van der Waals surface area contributed by atoms with Crippen LogP contribution in [0.5, 0.6) is 11.5 Å². The van der Waals surface area contributed by atoms with E-state index in [1.807, 2.05) is 12.1 Å². The van der Waals surface area contributed by atoms with Gasteiger partial charge in [0.1, 0.15) is 5.03 Å². The Morgan fingerprint density at radius 3 is 2.77 bits per heavy atom. The summed E-state index contributed by atoms with van der Waals surface area (Å²) >= 11 is 1.36. The van der Waals surface area contributed by atoms with Crippen LogP contribution in [-0.2, 0) is 17.8 Å². The lowest BCUT2D eigenvalue weighted by molar-refractivity contribution is -0.113. The van der Waals surface area contributed by atoms with E-state index in [1.165, 1.54) is 22.9 Å². The van der Waals surface area contributed by atoms with Crippen molar-refractivity contribution in [3.8, 4) is 11.5 Å². The first-order chi connectivity index (χ1) is 14.7. The molecule has 7 nitrogen and oxygen atoms in total. The Labute approximate surface area is 178 Å². The average Bonchev–Trinajstić information content (AvgIpc) is 3.26. The molecule has 8 heteroatoms. The topological polar surface area (TPSA) is 76.6 Å². The number of thioether (sulfide) groups is 1. The van der Waals surface area contributed by atoms with E-state index in [1.54, 1.807) is 18.2 Å². The SMILES string of the molecule is O=C(CSc1ccc(N2CCc3ccccc3C2)nn1)Nc1ccc2c(c1)OCO2. The number of anilines is 2. The van der Waals surface area contributed by atoms with Crippen LogP contribution in [0, 0.1) is 0 Å². The Hall–Kier alpha value is -3.26. The standard InChI is InChI=1S/C22H20N4O3S/c27-21(23-17-5-6-18-19(11-17)29-14-28-18)13-30-22-8-7-20(24-25-22)26-10-9-15-3-1-2-4-16(15)12-26/h1-8,11H,9-10,12-14H2,(H,23,27). The molecule has 0 spiro atoms. The summed E-state index contributed by atoms with van der Waals surface area (Å²) in [5.74, 6) is 2.33. The third-order valence-electron chi connectivity index (χ3n) is 5.09. The van der Waals surface area contributed by atoms with Crippen LogP contribution in [0.1, 0.15) is 11.1 Å². The number of nitrogens with one attached hydrogen (secondary N) is 1. The van der Waals surface area contributed by atoms with Crippen LogP contribution in [0.25, 0.3) is 0 Å². The molecular formula is C22H20N4O3S. The number of rotatable bonds is 5. The number of ether oxygens (including phenoxy) is 2. The molecule has 0 atom stereocenters. The van der Waals surface area contributed by atoms with E-state index in [-0.39, 0.29) is 18.5 Å². The third-order valence-corrected chi connectivity index (χ3v) is 6.01. The zero-order valence-corrected chi connectivity index (χ0v) is 17.0. The summed E-state index contributed by atoms with van der Waals surface area (Å²) in [6.07, 6.45) is 1.01. The second-order valence-electron chi connectivity index (χ2n) is 7.07. The fraction of sp³-hybridized carbons (Fsp3) is 0.227. The van der Waals surface area contributed by atoms with Crippen molar-refractivity contribution in [1.82, 2.24) is 10.2 Å². The fourth-order valence-electron chi connectivity index (χ4n) is 3.56. The van der Waals surface area contributed by atoms with E-state index in [4.69, 9.17) is 9.47 Å². The fourth-order valence-corrected chi connectivity index (χ4v) is 4.17. The van der Waals surface area contributed by atoms with Gasteiger partial charge in [-0.2, -0.15) is 0 Å². The molecule has 3 aromatic rings. The lowest BCUT2D eigenvalue weighted by atomic mass is 10.00. The lowest BCUT2D eigenvalue weighted by Gasteiger charge is -2.29. The van der Waals surface area contributed by atoms with Crippen molar-refractivity contribution in [3.05, 3.63) is 65.7 Å². The van der Waals surface area contributed by atoms with Gasteiger partial charge in [-0.05, 0) is 41.8 Å². The van der Waals surface area contributed by atoms with Crippen molar-refractivity contribution >= 4 is 29.2 Å². The molecule has 2 aromatic carbocycles. The first kappa shape index (κ1) is 18.7. The highest BCUT2D eigenvalue weighted by molar-refractivity contribution is 7.99. The summed E-state index contributed by atoms with van der Waals surface area (Å²) in [5.41, 5.74) is 3.42. The molecule has 2 aliphatic rings. The summed E-state index contributed by atoms with van der Waals surface area (Å²) < 4.78 is 10.6. The van der Waals surface area contributed by atoms with Crippen molar-refractivity contribution < 1.29 is 14.3 Å². The van der Waals surface area contributed by atoms with Gasteiger partial charge in [0.05, 0.1) is 5.75 Å². The highest BCUT2D eigenvalue weighted by atomic mass is 32.2. The van der Waals surface area contributed by atoms with Gasteiger partial charge >= 0.3 is 0 Å². The number of carbonyl (C=O) groups excluding carboxylic acids is 1. The predicted octanol–water partition coefficient (Wildman–Crippen LogP) is 3.50. The van der Waals surface area contributed by atoms with Gasteiger partial charge in [-0.15, -0.1) is 10.2 Å². The quantitative estimate of drug-likeness (QED) is 0.633. The van der Waals surface area contributed by atoms with Crippen LogP contribution in [0.4, 0.5) is 11.5 Å². The van der Waals surface area contributed by atoms with Crippen LogP contribution < -0.4 is 19.7 Å². The van der Waals surface area contributed by atoms with Gasteiger partial charge < -0.3 is 19.7 Å². The van der Waals surface area contributed by atoms with Gasteiger partial charge in [0.25, 0.3) is 0 Å². The van der Waals surface area contributed by atoms with E-state index < -0.39 is 0 Å². The molecule has 2 aliphatic heterocycles. The Bertz CT molecular complexity index is 1070. The monoisotopic (exact) mass is 420 g/mol. The molecule has 1 amide bonds. The smallest absolute Gasteiger partial charge is 0.234 e. The molecule has 0 aliphatic carbocycles. The minimum Gasteiger partial charge on any atom is -0.454 e. The largest absolute Gasteiger partial charge is 0.454 e. The second kappa shape index (κ2) is 8.23. The number of fused-ring (bicyclic) bond motifs is 2.